The van der Waals surface area contributed by atoms with Crippen LogP contribution in [0.5, 0.6) is 0 Å². The lowest BCUT2D eigenvalue weighted by Crippen LogP contribution is -2.68. The Hall–Kier alpha value is -1.17. The van der Waals surface area contributed by atoms with Gasteiger partial charge in [0.1, 0.15) is 0 Å². The number of hydrogen-bond acceptors (Lipinski definition) is 3. The summed E-state index contributed by atoms with van der Waals surface area (Å²) >= 11 is 0. The van der Waals surface area contributed by atoms with Gasteiger partial charge in [-0.15, -0.1) is 0 Å². The second-order valence-corrected chi connectivity index (χ2v) is 4.62. The molecule has 1 heterocycles. The van der Waals surface area contributed by atoms with E-state index in [1.165, 1.54) is 0 Å². The summed E-state index contributed by atoms with van der Waals surface area (Å²) in [6.07, 6.45) is -29.2. The van der Waals surface area contributed by atoms with E-state index in [4.69, 9.17) is 5.11 Å². The molecule has 1 saturated heterocycles. The van der Waals surface area contributed by atoms with Crippen LogP contribution in [0, 0.1) is 0 Å². The second kappa shape index (κ2) is 5.21. The minimum Gasteiger partial charge on any atom is -0.332 e. The lowest BCUT2D eigenvalue weighted by atomic mass is 10.1. The van der Waals surface area contributed by atoms with Crippen LogP contribution >= 0.6 is 0 Å². The molecule has 0 saturated carbocycles. The van der Waals surface area contributed by atoms with Gasteiger partial charge in [-0.05, 0) is 0 Å². The number of hydrogen-bond donors (Lipinski definition) is 1. The Morgan fingerprint density at radius 3 is 1.19 bits per heavy atom. The fraction of sp³-hybridized carbons (Fsp3) is 1.00. The molecule has 0 aromatic carbocycles. The van der Waals surface area contributed by atoms with Crippen molar-refractivity contribution >= 4 is 0 Å². The maximum absolute atomic E-state index is 13.6. The minimum atomic E-state index is -7.65. The van der Waals surface area contributed by atoms with Crippen LogP contribution in [-0.4, -0.2) is 53.2 Å². The van der Waals surface area contributed by atoms with Gasteiger partial charge in [0.2, 0.25) is 0 Å². The summed E-state index contributed by atoms with van der Waals surface area (Å²) in [4.78, 5) is 0. The number of halogens is 15. The van der Waals surface area contributed by atoms with E-state index < -0.39 is 48.1 Å². The molecule has 26 heavy (non-hydrogen) atoms. The Bertz CT molecular complexity index is 559. The summed E-state index contributed by atoms with van der Waals surface area (Å²) in [5, 5.41) is 8.01. The Kier molecular flexibility index (Phi) is 4.58. The second-order valence-electron chi connectivity index (χ2n) is 4.62. The predicted molar refractivity (Wildman–Crippen MR) is 42.9 cm³/mol. The van der Waals surface area contributed by atoms with E-state index in [9.17, 15) is 65.9 Å². The zero-order valence-corrected chi connectivity index (χ0v) is 10.9. The van der Waals surface area contributed by atoms with Crippen LogP contribution in [0.3, 0.4) is 0 Å². The third-order valence-electron chi connectivity index (χ3n) is 2.86. The van der Waals surface area contributed by atoms with Crippen molar-refractivity contribution in [3.8, 4) is 0 Å². The van der Waals surface area contributed by atoms with Crippen LogP contribution in [0.1, 0.15) is 0 Å². The smallest absolute Gasteiger partial charge is 0.332 e. The van der Waals surface area contributed by atoms with Crippen LogP contribution in [0.4, 0.5) is 65.9 Å². The van der Waals surface area contributed by atoms with Crippen LogP contribution in [-0.2, 0) is 9.47 Å². The van der Waals surface area contributed by atoms with Gasteiger partial charge in [-0.25, -0.2) is 0 Å². The van der Waals surface area contributed by atoms with Crippen LogP contribution in [0.2, 0.25) is 0 Å². The Labute approximate surface area is 130 Å². The van der Waals surface area contributed by atoms with Crippen molar-refractivity contribution < 1.29 is 80.4 Å². The van der Waals surface area contributed by atoms with Gasteiger partial charge in [-0.2, -0.15) is 65.9 Å². The number of ether oxygens (including phenoxy) is 2. The fourth-order valence-corrected chi connectivity index (χ4v) is 1.58. The van der Waals surface area contributed by atoms with Gasteiger partial charge < -0.3 is 5.11 Å². The summed E-state index contributed by atoms with van der Waals surface area (Å²) in [7, 11) is 0. The van der Waals surface area contributed by atoms with Gasteiger partial charge in [-0.3, -0.25) is 9.47 Å². The van der Waals surface area contributed by atoms with E-state index in [0.717, 1.165) is 0 Å². The lowest BCUT2D eigenvalue weighted by Gasteiger charge is -2.38. The molecule has 0 bridgehead atoms. The van der Waals surface area contributed by atoms with E-state index in [1.54, 1.807) is 0 Å². The largest absolute Gasteiger partial charge is 0.459 e. The predicted octanol–water partition coefficient (Wildman–Crippen LogP) is 3.97. The summed E-state index contributed by atoms with van der Waals surface area (Å²) in [6.45, 7) is 0. The maximum atomic E-state index is 13.6. The van der Waals surface area contributed by atoms with Crippen LogP contribution in [0.25, 0.3) is 0 Å². The van der Waals surface area contributed by atoms with Crippen molar-refractivity contribution in [2.45, 2.75) is 48.1 Å². The molecule has 1 rings (SSSR count). The lowest BCUT2D eigenvalue weighted by molar-refractivity contribution is -0.498. The topological polar surface area (TPSA) is 38.7 Å². The molecule has 2 atom stereocenters. The van der Waals surface area contributed by atoms with Gasteiger partial charge in [-0.1, -0.05) is 0 Å². The highest BCUT2D eigenvalue weighted by molar-refractivity contribution is 5.10. The van der Waals surface area contributed by atoms with Crippen molar-refractivity contribution in [3.05, 3.63) is 0 Å². The molecule has 3 nitrogen and oxygen atoms in total. The molecule has 1 fully saturated rings. The van der Waals surface area contributed by atoms with E-state index in [-0.39, 0.29) is 0 Å². The molecular formula is C8HF15O3. The van der Waals surface area contributed by atoms with Gasteiger partial charge in [0, 0.05) is 0 Å². The average Bonchev–Trinajstić information content (AvgIpc) is 2.56. The number of alkyl halides is 15. The van der Waals surface area contributed by atoms with Crippen LogP contribution < -0.4 is 0 Å². The van der Waals surface area contributed by atoms with Crippen LogP contribution in [0.15, 0.2) is 0 Å². The first kappa shape index (κ1) is 22.9. The number of aliphatic hydroxyl groups is 1. The zero-order valence-electron chi connectivity index (χ0n) is 10.9. The summed E-state index contributed by atoms with van der Waals surface area (Å²) in [5.41, 5.74) is 0. The fourth-order valence-electron chi connectivity index (χ4n) is 1.58. The molecule has 1 N–H and O–H groups in total. The zero-order chi connectivity index (χ0) is 21.4. The Morgan fingerprint density at radius 2 is 0.923 bits per heavy atom. The first-order valence-corrected chi connectivity index (χ1v) is 5.37. The molecule has 0 aliphatic carbocycles. The van der Waals surface area contributed by atoms with Crippen molar-refractivity contribution in [1.82, 2.24) is 0 Å². The maximum Gasteiger partial charge on any atom is 0.459 e. The van der Waals surface area contributed by atoms with Gasteiger partial charge in [0.05, 0.1) is 0 Å². The summed E-state index contributed by atoms with van der Waals surface area (Å²) < 4.78 is 194. The first-order valence-electron chi connectivity index (χ1n) is 5.37. The van der Waals surface area contributed by atoms with E-state index in [1.807, 2.05) is 9.47 Å². The molecule has 0 amide bonds. The monoisotopic (exact) mass is 430 g/mol. The van der Waals surface area contributed by atoms with Gasteiger partial charge in [0.15, 0.2) is 0 Å². The molecule has 1 aliphatic rings. The minimum absolute atomic E-state index is 1.91. The molecule has 2 unspecified atom stereocenters. The third-order valence-corrected chi connectivity index (χ3v) is 2.86. The quantitative estimate of drug-likeness (QED) is 0.690. The Balaban J connectivity index is 3.80. The molecular weight excluding hydrogens is 429 g/mol. The molecule has 18 heteroatoms. The van der Waals surface area contributed by atoms with E-state index in [0.29, 0.717) is 0 Å². The van der Waals surface area contributed by atoms with Crippen molar-refractivity contribution in [1.29, 1.82) is 0 Å². The SMILES string of the molecule is OC(F)(F)C1(C(F)(F)C(F)(F)F)OC(F)(F)C(F)(C(F)(F)C(F)(F)F)O1. The summed E-state index contributed by atoms with van der Waals surface area (Å²) in [6, 6.07) is 0. The number of rotatable bonds is 3. The van der Waals surface area contributed by atoms with E-state index in [2.05, 4.69) is 0 Å². The molecule has 0 spiro atoms. The Morgan fingerprint density at radius 1 is 0.577 bits per heavy atom. The van der Waals surface area contributed by atoms with Gasteiger partial charge in [0.25, 0.3) is 0 Å². The highest BCUT2D eigenvalue weighted by Crippen LogP contribution is 2.66. The van der Waals surface area contributed by atoms with Crippen molar-refractivity contribution in [2.75, 3.05) is 0 Å². The van der Waals surface area contributed by atoms with Gasteiger partial charge >= 0.3 is 48.1 Å². The summed E-state index contributed by atoms with van der Waals surface area (Å²) in [5.74, 6) is -29.7. The molecule has 0 aromatic heterocycles. The van der Waals surface area contributed by atoms with Crippen molar-refractivity contribution in [2.24, 2.45) is 0 Å². The average molecular weight is 430 g/mol. The first-order chi connectivity index (χ1) is 10.9. The van der Waals surface area contributed by atoms with Crippen molar-refractivity contribution in [3.63, 3.8) is 0 Å². The molecule has 0 radical (unpaired) electrons. The highest BCUT2D eigenvalue weighted by Gasteiger charge is 2.96. The molecule has 1 aliphatic heterocycles. The normalized spacial score (nSPS) is 31.4. The third kappa shape index (κ3) is 2.59. The highest BCUT2D eigenvalue weighted by atomic mass is 19.4. The standard InChI is InChI=1S/C8HF15O3/c9-1(10,5(14,15)16)3(13)8(22,23)26-4(25-3,7(20,21)24)2(11,12)6(17,18)19/h24H. The van der Waals surface area contributed by atoms with E-state index >= 15 is 0 Å². The molecule has 156 valence electrons. The molecule has 0 aromatic rings.